The van der Waals surface area contributed by atoms with Crippen LogP contribution in [0.1, 0.15) is 10.5 Å². The molecule has 32 heavy (non-hydrogen) atoms. The Kier molecular flexibility index (Phi) is 4.78. The molecule has 5 aromatic rings. The number of nitrogens with zero attached hydrogens (tertiary/aromatic N) is 5. The number of halogens is 1. The number of rotatable bonds is 5. The fourth-order valence-corrected chi connectivity index (χ4v) is 3.72. The number of carbonyl (C=O) groups excluding carboxylic acids is 1. The zero-order valence-corrected chi connectivity index (χ0v) is 17.2. The van der Waals surface area contributed by atoms with Crippen LogP contribution in [-0.2, 0) is 13.6 Å². The first-order valence-corrected chi connectivity index (χ1v) is 10.1. The summed E-state index contributed by atoms with van der Waals surface area (Å²) in [7, 11) is 1.79. The van der Waals surface area contributed by atoms with Crippen molar-refractivity contribution in [2.75, 3.05) is 6.54 Å². The average Bonchev–Trinajstić information content (AvgIpc) is 3.38. The smallest absolute Gasteiger partial charge is 0.276 e. The first-order chi connectivity index (χ1) is 15.5. The van der Waals surface area contributed by atoms with Gasteiger partial charge in [0.1, 0.15) is 11.3 Å². The molecule has 0 spiro atoms. The van der Waals surface area contributed by atoms with Crippen LogP contribution in [0.3, 0.4) is 0 Å². The third-order valence-electron chi connectivity index (χ3n) is 5.35. The Hall–Kier alpha value is -4.27. The number of aromatic nitrogens is 5. The highest BCUT2D eigenvalue weighted by Gasteiger charge is 2.15. The largest absolute Gasteiger partial charge is 0.349 e. The van der Waals surface area contributed by atoms with Crippen LogP contribution >= 0.6 is 0 Å². The van der Waals surface area contributed by atoms with Crippen LogP contribution < -0.4 is 10.9 Å². The van der Waals surface area contributed by atoms with E-state index in [0.717, 1.165) is 16.5 Å². The van der Waals surface area contributed by atoms with E-state index in [4.69, 9.17) is 0 Å². The highest BCUT2D eigenvalue weighted by molar-refractivity contribution is 6.04. The van der Waals surface area contributed by atoms with Gasteiger partial charge in [0.05, 0.1) is 11.2 Å². The number of nitrogens with one attached hydrogen (secondary N) is 1. The van der Waals surface area contributed by atoms with Gasteiger partial charge in [0.2, 0.25) is 0 Å². The molecule has 0 saturated carbocycles. The van der Waals surface area contributed by atoms with Crippen molar-refractivity contribution in [3.8, 4) is 11.3 Å². The lowest BCUT2D eigenvalue weighted by Gasteiger charge is -2.07. The van der Waals surface area contributed by atoms with Crippen LogP contribution in [0.5, 0.6) is 0 Å². The van der Waals surface area contributed by atoms with E-state index < -0.39 is 0 Å². The number of aryl methyl sites for hydroxylation is 1. The summed E-state index contributed by atoms with van der Waals surface area (Å²) in [6, 6.07) is 15.1. The number of para-hydroxylation sites is 1. The Labute approximate surface area is 181 Å². The quantitative estimate of drug-likeness (QED) is 0.465. The van der Waals surface area contributed by atoms with Crippen molar-refractivity contribution in [2.45, 2.75) is 6.54 Å². The standard InChI is InChI=1S/C23H19FN6O2/c1-28-19-5-3-2-4-17(19)21(27-28)22(31)25-10-11-29-12-13-30-20(23(29)32)14-18(26-30)15-6-8-16(24)9-7-15/h2-9,12-14H,10-11H2,1H3,(H,25,31). The van der Waals surface area contributed by atoms with E-state index in [1.807, 2.05) is 24.3 Å². The molecule has 9 heteroatoms. The first-order valence-electron chi connectivity index (χ1n) is 10.1. The van der Waals surface area contributed by atoms with Gasteiger partial charge < -0.3 is 9.88 Å². The van der Waals surface area contributed by atoms with Crippen LogP contribution in [0.15, 0.2) is 71.8 Å². The number of fused-ring (bicyclic) bond motifs is 2. The van der Waals surface area contributed by atoms with Gasteiger partial charge in [0, 0.05) is 43.5 Å². The van der Waals surface area contributed by atoms with Crippen LogP contribution in [0.25, 0.3) is 27.7 Å². The Bertz CT molecular complexity index is 1510. The van der Waals surface area contributed by atoms with Crippen LogP contribution in [0.4, 0.5) is 4.39 Å². The highest BCUT2D eigenvalue weighted by Crippen LogP contribution is 2.19. The number of amides is 1. The SMILES string of the molecule is Cn1nc(C(=O)NCCn2ccn3nc(-c4ccc(F)cc4)cc3c2=O)c2ccccc21. The molecule has 0 bridgehead atoms. The van der Waals surface area contributed by atoms with E-state index in [9.17, 15) is 14.0 Å². The van der Waals surface area contributed by atoms with E-state index in [1.165, 1.54) is 21.2 Å². The van der Waals surface area contributed by atoms with Gasteiger partial charge in [0.15, 0.2) is 5.69 Å². The summed E-state index contributed by atoms with van der Waals surface area (Å²) in [5, 5.41) is 12.3. The maximum absolute atomic E-state index is 13.2. The molecule has 0 saturated heterocycles. The molecule has 3 heterocycles. The minimum Gasteiger partial charge on any atom is -0.349 e. The molecular formula is C23H19FN6O2. The van der Waals surface area contributed by atoms with Crippen molar-refractivity contribution in [3.63, 3.8) is 0 Å². The molecule has 1 amide bonds. The summed E-state index contributed by atoms with van der Waals surface area (Å²) in [5.74, 6) is -0.625. The van der Waals surface area contributed by atoms with Crippen molar-refractivity contribution < 1.29 is 9.18 Å². The highest BCUT2D eigenvalue weighted by atomic mass is 19.1. The van der Waals surface area contributed by atoms with E-state index >= 15 is 0 Å². The molecule has 2 aromatic carbocycles. The third-order valence-corrected chi connectivity index (χ3v) is 5.35. The van der Waals surface area contributed by atoms with Gasteiger partial charge in [-0.25, -0.2) is 8.91 Å². The molecule has 0 aliphatic carbocycles. The van der Waals surface area contributed by atoms with Crippen LogP contribution in [0.2, 0.25) is 0 Å². The van der Waals surface area contributed by atoms with E-state index in [1.54, 1.807) is 42.3 Å². The van der Waals surface area contributed by atoms with Gasteiger partial charge in [-0.2, -0.15) is 10.2 Å². The second kappa shape index (κ2) is 7.77. The summed E-state index contributed by atoms with van der Waals surface area (Å²) in [6.45, 7) is 0.557. The minimum atomic E-state index is -0.333. The van der Waals surface area contributed by atoms with Crippen molar-refractivity contribution in [2.24, 2.45) is 7.05 Å². The van der Waals surface area contributed by atoms with Gasteiger partial charge in [-0.3, -0.25) is 14.3 Å². The van der Waals surface area contributed by atoms with Crippen LogP contribution in [0, 0.1) is 5.82 Å². The Morgan fingerprint density at radius 2 is 1.81 bits per heavy atom. The zero-order chi connectivity index (χ0) is 22.2. The van der Waals surface area contributed by atoms with Gasteiger partial charge in [-0.15, -0.1) is 0 Å². The van der Waals surface area contributed by atoms with Gasteiger partial charge in [-0.1, -0.05) is 18.2 Å². The first kappa shape index (κ1) is 19.7. The zero-order valence-electron chi connectivity index (χ0n) is 17.2. The maximum atomic E-state index is 13.2. The Morgan fingerprint density at radius 1 is 1.03 bits per heavy atom. The van der Waals surface area contributed by atoms with Gasteiger partial charge in [0.25, 0.3) is 11.5 Å². The summed E-state index contributed by atoms with van der Waals surface area (Å²) in [5.41, 5.74) is 2.69. The van der Waals surface area contributed by atoms with Crippen LogP contribution in [-0.4, -0.2) is 36.4 Å². The lowest BCUT2D eigenvalue weighted by atomic mass is 10.1. The van der Waals surface area contributed by atoms with Crippen molar-refractivity contribution >= 4 is 22.3 Å². The lowest BCUT2D eigenvalue weighted by Crippen LogP contribution is -2.31. The van der Waals surface area contributed by atoms with Crippen molar-refractivity contribution in [1.29, 1.82) is 0 Å². The van der Waals surface area contributed by atoms with Crippen molar-refractivity contribution in [3.05, 3.63) is 88.9 Å². The summed E-state index contributed by atoms with van der Waals surface area (Å²) in [4.78, 5) is 25.5. The summed E-state index contributed by atoms with van der Waals surface area (Å²) >= 11 is 0. The summed E-state index contributed by atoms with van der Waals surface area (Å²) in [6.07, 6.45) is 3.30. The van der Waals surface area contributed by atoms with E-state index in [0.29, 0.717) is 23.4 Å². The van der Waals surface area contributed by atoms with Gasteiger partial charge in [-0.05, 0) is 36.4 Å². The molecule has 0 aliphatic heterocycles. The molecule has 0 atom stereocenters. The second-order valence-corrected chi connectivity index (χ2v) is 7.41. The molecule has 0 unspecified atom stereocenters. The van der Waals surface area contributed by atoms with E-state index in [2.05, 4.69) is 15.5 Å². The third kappa shape index (κ3) is 3.43. The molecule has 3 aromatic heterocycles. The normalized spacial score (nSPS) is 11.3. The molecule has 0 radical (unpaired) electrons. The molecule has 8 nitrogen and oxygen atoms in total. The molecule has 5 rings (SSSR count). The number of benzene rings is 2. The molecular weight excluding hydrogens is 411 g/mol. The molecule has 1 N–H and O–H groups in total. The predicted molar refractivity (Wildman–Crippen MR) is 118 cm³/mol. The number of hydrogen-bond donors (Lipinski definition) is 1. The Balaban J connectivity index is 1.33. The lowest BCUT2D eigenvalue weighted by molar-refractivity contribution is 0.0948. The predicted octanol–water partition coefficient (Wildman–Crippen LogP) is 2.62. The summed E-state index contributed by atoms with van der Waals surface area (Å²) < 4.78 is 17.9. The van der Waals surface area contributed by atoms with Crippen molar-refractivity contribution in [1.82, 2.24) is 29.3 Å². The van der Waals surface area contributed by atoms with E-state index in [-0.39, 0.29) is 23.8 Å². The number of hydrogen-bond acceptors (Lipinski definition) is 4. The minimum absolute atomic E-state index is 0.231. The molecule has 0 fully saturated rings. The fourth-order valence-electron chi connectivity index (χ4n) is 3.72. The monoisotopic (exact) mass is 430 g/mol. The molecule has 160 valence electrons. The second-order valence-electron chi connectivity index (χ2n) is 7.41. The number of carbonyl (C=O) groups is 1. The fraction of sp³-hybridized carbons (Fsp3) is 0.130. The topological polar surface area (TPSA) is 86.2 Å². The van der Waals surface area contributed by atoms with Gasteiger partial charge >= 0.3 is 0 Å². The Morgan fingerprint density at radius 3 is 2.62 bits per heavy atom. The average molecular weight is 430 g/mol. The molecule has 0 aliphatic rings. The maximum Gasteiger partial charge on any atom is 0.276 e.